The van der Waals surface area contributed by atoms with Gasteiger partial charge in [-0.15, -0.1) is 0 Å². The molecule has 0 unspecified atom stereocenters. The molecule has 6 aliphatic carbocycles. The molecule has 0 aromatic rings. The van der Waals surface area contributed by atoms with Gasteiger partial charge in [-0.1, -0.05) is 12.8 Å². The minimum Gasteiger partial charge on any atom is -0.282 e. The molecule has 8 rings (SSSR count). The first kappa shape index (κ1) is 19.6. The number of nitrogens with zero attached hydrogens (tertiary/aromatic N) is 2. The van der Waals surface area contributed by atoms with Gasteiger partial charge in [0.1, 0.15) is 0 Å². The lowest BCUT2D eigenvalue weighted by Crippen LogP contribution is -2.40. The van der Waals surface area contributed by atoms with Crippen molar-refractivity contribution in [3.8, 4) is 0 Å². The van der Waals surface area contributed by atoms with E-state index < -0.39 is 0 Å². The van der Waals surface area contributed by atoms with Crippen molar-refractivity contribution in [3.05, 3.63) is 0 Å². The Kier molecular flexibility index (Phi) is 3.84. The first-order chi connectivity index (χ1) is 16.0. The summed E-state index contributed by atoms with van der Waals surface area (Å²) in [5.41, 5.74) is 0. The molecule has 0 N–H and O–H groups in total. The number of hydrogen-bond acceptors (Lipinski definition) is 4. The Morgan fingerprint density at radius 2 is 0.909 bits per heavy atom. The maximum atomic E-state index is 13.5. The molecule has 6 nitrogen and oxygen atoms in total. The zero-order chi connectivity index (χ0) is 22.2. The molecule has 0 aromatic carbocycles. The molecule has 33 heavy (non-hydrogen) atoms. The molecule has 8 aliphatic rings. The Morgan fingerprint density at radius 3 is 1.21 bits per heavy atom. The number of fused-ring (bicyclic) bond motifs is 12. The van der Waals surface area contributed by atoms with E-state index in [4.69, 9.17) is 0 Å². The highest BCUT2D eigenvalue weighted by atomic mass is 16.2. The van der Waals surface area contributed by atoms with Gasteiger partial charge in [-0.05, 0) is 92.3 Å². The number of likely N-dealkylation sites (tertiary alicyclic amines) is 2. The molecule has 2 heterocycles. The van der Waals surface area contributed by atoms with Gasteiger partial charge in [-0.2, -0.15) is 0 Å². The predicted molar refractivity (Wildman–Crippen MR) is 117 cm³/mol. The number of imide groups is 2. The lowest BCUT2D eigenvalue weighted by Gasteiger charge is -2.28. The average Bonchev–Trinajstić information content (AvgIpc) is 3.64. The van der Waals surface area contributed by atoms with E-state index >= 15 is 0 Å². The van der Waals surface area contributed by atoms with Crippen molar-refractivity contribution < 1.29 is 19.2 Å². The third-order valence-corrected chi connectivity index (χ3v) is 12.0. The quantitative estimate of drug-likeness (QED) is 0.618. The first-order valence-corrected chi connectivity index (χ1v) is 13.7. The number of carbonyl (C=O) groups is 4. The van der Waals surface area contributed by atoms with E-state index in [0.29, 0.717) is 43.2 Å². The molecule has 2 aliphatic heterocycles. The van der Waals surface area contributed by atoms with Gasteiger partial charge in [0.25, 0.3) is 0 Å². The van der Waals surface area contributed by atoms with Gasteiger partial charge in [0, 0.05) is 13.1 Å². The van der Waals surface area contributed by atoms with Crippen molar-refractivity contribution in [2.75, 3.05) is 13.1 Å². The second-order valence-electron chi connectivity index (χ2n) is 13.1. The smallest absolute Gasteiger partial charge is 0.233 e. The van der Waals surface area contributed by atoms with Crippen LogP contribution in [-0.4, -0.2) is 46.5 Å². The highest BCUT2D eigenvalue weighted by molar-refractivity contribution is 6.11. The maximum absolute atomic E-state index is 13.5. The molecule has 8 fully saturated rings. The highest BCUT2D eigenvalue weighted by Crippen LogP contribution is 2.64. The molecule has 10 atom stereocenters. The van der Waals surface area contributed by atoms with Crippen LogP contribution >= 0.6 is 0 Å². The second-order valence-corrected chi connectivity index (χ2v) is 13.1. The number of rotatable bonds is 4. The number of amides is 4. The Morgan fingerprint density at radius 1 is 0.515 bits per heavy atom. The lowest BCUT2D eigenvalue weighted by atomic mass is 9.70. The van der Waals surface area contributed by atoms with Crippen molar-refractivity contribution in [3.63, 3.8) is 0 Å². The van der Waals surface area contributed by atoms with E-state index in [1.54, 1.807) is 9.80 Å². The first-order valence-electron chi connectivity index (χ1n) is 13.7. The summed E-state index contributed by atoms with van der Waals surface area (Å²) in [6, 6.07) is 0. The molecule has 6 bridgehead atoms. The van der Waals surface area contributed by atoms with E-state index in [1.807, 2.05) is 0 Å². The third kappa shape index (κ3) is 2.41. The van der Waals surface area contributed by atoms with Crippen LogP contribution in [0.2, 0.25) is 0 Å². The van der Waals surface area contributed by atoms with Crippen LogP contribution in [0.3, 0.4) is 0 Å². The van der Waals surface area contributed by atoms with Crippen LogP contribution < -0.4 is 0 Å². The standard InChI is InChI=1S/C27H34N2O4/c30-24-20-18-9-19(21(20)25(31)28(24)10-16-7-12-1-3-14(16)5-12)23-22(18)26(32)29(27(23)33)11-17-8-13-2-4-15(17)6-13/h12-23H,1-11H2/t12-,13-,14+,15+,16-,17-,18?,19?,20-,21+,22-,23+/m1/s1. The summed E-state index contributed by atoms with van der Waals surface area (Å²) >= 11 is 0. The zero-order valence-corrected chi connectivity index (χ0v) is 19.2. The van der Waals surface area contributed by atoms with Gasteiger partial charge >= 0.3 is 0 Å². The summed E-state index contributed by atoms with van der Waals surface area (Å²) in [6.07, 6.45) is 10.7. The largest absolute Gasteiger partial charge is 0.282 e. The van der Waals surface area contributed by atoms with Crippen molar-refractivity contribution in [1.29, 1.82) is 0 Å². The van der Waals surface area contributed by atoms with Crippen LogP contribution in [0.25, 0.3) is 0 Å². The van der Waals surface area contributed by atoms with E-state index in [2.05, 4.69) is 0 Å². The summed E-state index contributed by atoms with van der Waals surface area (Å²) in [5, 5.41) is 0. The van der Waals surface area contributed by atoms with Crippen molar-refractivity contribution in [2.24, 2.45) is 71.0 Å². The van der Waals surface area contributed by atoms with Crippen LogP contribution in [-0.2, 0) is 19.2 Å². The highest BCUT2D eigenvalue weighted by Gasteiger charge is 2.73. The molecule has 0 radical (unpaired) electrons. The van der Waals surface area contributed by atoms with Gasteiger partial charge < -0.3 is 0 Å². The van der Waals surface area contributed by atoms with Gasteiger partial charge in [0.05, 0.1) is 23.7 Å². The number of hydrogen-bond donors (Lipinski definition) is 0. The fraction of sp³-hybridized carbons (Fsp3) is 0.852. The van der Waals surface area contributed by atoms with Gasteiger partial charge in [-0.25, -0.2) is 0 Å². The Hall–Kier alpha value is -1.72. The van der Waals surface area contributed by atoms with E-state index in [1.165, 1.54) is 38.5 Å². The Balaban J connectivity index is 1.03. The molecule has 6 heteroatoms. The normalized spacial score (nSPS) is 53.3. The number of carbonyl (C=O) groups excluding carboxylic acids is 4. The summed E-state index contributed by atoms with van der Waals surface area (Å²) in [6.45, 7) is 1.16. The molecule has 4 amide bonds. The average molecular weight is 451 g/mol. The van der Waals surface area contributed by atoms with Gasteiger partial charge in [0.15, 0.2) is 0 Å². The molecule has 176 valence electrons. The fourth-order valence-electron chi connectivity index (χ4n) is 10.7. The van der Waals surface area contributed by atoms with Gasteiger partial charge in [0.2, 0.25) is 23.6 Å². The second kappa shape index (κ2) is 6.48. The third-order valence-electron chi connectivity index (χ3n) is 12.0. The Labute approximate surface area is 194 Å². The molecule has 2 saturated heterocycles. The summed E-state index contributed by atoms with van der Waals surface area (Å²) in [4.78, 5) is 57.1. The van der Waals surface area contributed by atoms with Crippen LogP contribution in [0.4, 0.5) is 0 Å². The molecule has 0 aromatic heterocycles. The van der Waals surface area contributed by atoms with E-state index in [9.17, 15) is 19.2 Å². The molecule has 6 saturated carbocycles. The fourth-order valence-corrected chi connectivity index (χ4v) is 10.7. The topological polar surface area (TPSA) is 74.8 Å². The van der Waals surface area contributed by atoms with Gasteiger partial charge in [-0.3, -0.25) is 29.0 Å². The SMILES string of the molecule is O=C1[C@@H]2C3CC([C@@H]2C(=O)N1C[C@H]1C[C@@H]2CC[C@H]1C2)[C@@H]1C(=O)N(C[C@H]2C[C@@H]4CC[C@H]2C4)C(=O)[C@H]31. The van der Waals surface area contributed by atoms with E-state index in [-0.39, 0.29) is 59.1 Å². The summed E-state index contributed by atoms with van der Waals surface area (Å²) in [5.74, 6) is 2.18. The maximum Gasteiger partial charge on any atom is 0.233 e. The van der Waals surface area contributed by atoms with Crippen molar-refractivity contribution in [2.45, 2.75) is 57.8 Å². The minimum absolute atomic E-state index is 0.0227. The summed E-state index contributed by atoms with van der Waals surface area (Å²) < 4.78 is 0. The van der Waals surface area contributed by atoms with Crippen LogP contribution in [0.1, 0.15) is 57.8 Å². The Bertz CT molecular complexity index is 857. The monoisotopic (exact) mass is 450 g/mol. The zero-order valence-electron chi connectivity index (χ0n) is 19.2. The van der Waals surface area contributed by atoms with E-state index in [0.717, 1.165) is 24.7 Å². The summed E-state index contributed by atoms with van der Waals surface area (Å²) in [7, 11) is 0. The molecular formula is C27H34N2O4. The minimum atomic E-state index is -0.346. The van der Waals surface area contributed by atoms with Crippen molar-refractivity contribution in [1.82, 2.24) is 9.80 Å². The van der Waals surface area contributed by atoms with Crippen LogP contribution in [0, 0.1) is 71.0 Å². The molecule has 0 spiro atoms. The predicted octanol–water partition coefficient (Wildman–Crippen LogP) is 2.71. The van der Waals surface area contributed by atoms with Crippen LogP contribution in [0.5, 0.6) is 0 Å². The van der Waals surface area contributed by atoms with Crippen LogP contribution in [0.15, 0.2) is 0 Å². The lowest BCUT2D eigenvalue weighted by molar-refractivity contribution is -0.142. The van der Waals surface area contributed by atoms with Crippen molar-refractivity contribution >= 4 is 23.6 Å². The molecular weight excluding hydrogens is 416 g/mol.